The Morgan fingerprint density at radius 2 is 1.81 bits per heavy atom. The van der Waals surface area contributed by atoms with Crippen LogP contribution in [0.2, 0.25) is 0 Å². The van der Waals surface area contributed by atoms with Gasteiger partial charge in [-0.15, -0.1) is 0 Å². The predicted octanol–water partition coefficient (Wildman–Crippen LogP) is 3.50. The molecule has 3 rings (SSSR count). The minimum absolute atomic E-state index is 0.137. The van der Waals surface area contributed by atoms with Crippen LogP contribution in [0.1, 0.15) is 26.3 Å². The van der Waals surface area contributed by atoms with E-state index in [4.69, 9.17) is 5.73 Å². The molecule has 7 nitrogen and oxygen atoms in total. The first-order valence-corrected chi connectivity index (χ1v) is 8.31. The number of nitrogens with one attached hydrogen (secondary N) is 2. The van der Waals surface area contributed by atoms with E-state index in [1.807, 2.05) is 58.0 Å². The predicted molar refractivity (Wildman–Crippen MR) is 104 cm³/mol. The van der Waals surface area contributed by atoms with E-state index in [2.05, 4.69) is 25.6 Å². The molecule has 0 atom stereocenters. The molecule has 0 saturated carbocycles. The highest BCUT2D eigenvalue weighted by atomic mass is 16.2. The number of fused-ring (bicyclic) bond motifs is 1. The van der Waals surface area contributed by atoms with Crippen LogP contribution in [0.15, 0.2) is 36.5 Å². The third-order valence-corrected chi connectivity index (χ3v) is 3.67. The summed E-state index contributed by atoms with van der Waals surface area (Å²) in [5.74, 6) is 0.555. The quantitative estimate of drug-likeness (QED) is 0.656. The Morgan fingerprint density at radius 3 is 2.46 bits per heavy atom. The van der Waals surface area contributed by atoms with Gasteiger partial charge in [0.25, 0.3) is 0 Å². The number of urea groups is 1. The molecule has 2 aromatic heterocycles. The fourth-order valence-corrected chi connectivity index (χ4v) is 2.50. The Kier molecular flexibility index (Phi) is 4.46. The van der Waals surface area contributed by atoms with Gasteiger partial charge in [-0.2, -0.15) is 4.98 Å². The van der Waals surface area contributed by atoms with Crippen LogP contribution in [0.5, 0.6) is 0 Å². The molecule has 2 heterocycles. The van der Waals surface area contributed by atoms with Crippen molar-refractivity contribution in [3.05, 3.63) is 42.1 Å². The van der Waals surface area contributed by atoms with Gasteiger partial charge in [-0.3, -0.25) is 5.32 Å². The SMILES string of the molecule is Cc1ccc(-c2cc3cnc(N)nc3nc2NC(=O)NC(C)(C)C)cc1. The fourth-order valence-electron chi connectivity index (χ4n) is 2.50. The second-order valence-electron chi connectivity index (χ2n) is 7.22. The molecule has 4 N–H and O–H groups in total. The number of anilines is 2. The largest absolute Gasteiger partial charge is 0.368 e. The van der Waals surface area contributed by atoms with Crippen molar-refractivity contribution in [2.45, 2.75) is 33.2 Å². The van der Waals surface area contributed by atoms with Crippen LogP contribution in [-0.4, -0.2) is 26.5 Å². The molecule has 1 aromatic carbocycles. The number of aromatic nitrogens is 3. The van der Waals surface area contributed by atoms with Crippen LogP contribution in [0, 0.1) is 6.92 Å². The topological polar surface area (TPSA) is 106 Å². The molecule has 7 heteroatoms. The lowest BCUT2D eigenvalue weighted by Gasteiger charge is -2.21. The smallest absolute Gasteiger partial charge is 0.320 e. The number of hydrogen-bond acceptors (Lipinski definition) is 5. The molecule has 0 aliphatic rings. The highest BCUT2D eigenvalue weighted by Gasteiger charge is 2.17. The van der Waals surface area contributed by atoms with Gasteiger partial charge in [-0.05, 0) is 39.3 Å². The van der Waals surface area contributed by atoms with Crippen molar-refractivity contribution >= 4 is 28.8 Å². The summed E-state index contributed by atoms with van der Waals surface area (Å²) in [5.41, 5.74) is 8.61. The van der Waals surface area contributed by atoms with E-state index in [1.54, 1.807) is 6.20 Å². The normalized spacial score (nSPS) is 11.4. The highest BCUT2D eigenvalue weighted by molar-refractivity contribution is 5.96. The van der Waals surface area contributed by atoms with E-state index in [0.717, 1.165) is 22.1 Å². The van der Waals surface area contributed by atoms with Crippen molar-refractivity contribution < 1.29 is 4.79 Å². The number of hydrogen-bond donors (Lipinski definition) is 3. The first-order chi connectivity index (χ1) is 12.2. The lowest BCUT2D eigenvalue weighted by Crippen LogP contribution is -2.43. The summed E-state index contributed by atoms with van der Waals surface area (Å²) in [4.78, 5) is 25.0. The number of aryl methyl sites for hydroxylation is 1. The summed E-state index contributed by atoms with van der Waals surface area (Å²) in [5, 5.41) is 6.44. The molecule has 0 saturated heterocycles. The van der Waals surface area contributed by atoms with Crippen LogP contribution in [-0.2, 0) is 0 Å². The van der Waals surface area contributed by atoms with E-state index < -0.39 is 0 Å². The monoisotopic (exact) mass is 350 g/mol. The lowest BCUT2D eigenvalue weighted by atomic mass is 10.0. The number of carbonyl (C=O) groups is 1. The van der Waals surface area contributed by atoms with Crippen molar-refractivity contribution in [1.29, 1.82) is 0 Å². The molecule has 0 aliphatic carbocycles. The summed E-state index contributed by atoms with van der Waals surface area (Å²) in [6.45, 7) is 7.76. The van der Waals surface area contributed by atoms with Crippen LogP contribution in [0.3, 0.4) is 0 Å². The number of rotatable bonds is 2. The van der Waals surface area contributed by atoms with Crippen molar-refractivity contribution in [2.24, 2.45) is 0 Å². The minimum Gasteiger partial charge on any atom is -0.368 e. The van der Waals surface area contributed by atoms with Gasteiger partial charge in [0.2, 0.25) is 5.95 Å². The maximum absolute atomic E-state index is 12.3. The molecule has 0 bridgehead atoms. The number of pyridine rings is 1. The van der Waals surface area contributed by atoms with Crippen molar-refractivity contribution in [3.8, 4) is 11.1 Å². The third-order valence-electron chi connectivity index (χ3n) is 3.67. The van der Waals surface area contributed by atoms with Crippen molar-refractivity contribution in [2.75, 3.05) is 11.1 Å². The molecule has 2 amide bonds. The maximum Gasteiger partial charge on any atom is 0.320 e. The molecular weight excluding hydrogens is 328 g/mol. The Labute approximate surface area is 152 Å². The zero-order valence-corrected chi connectivity index (χ0v) is 15.3. The van der Waals surface area contributed by atoms with E-state index in [9.17, 15) is 4.79 Å². The molecule has 0 radical (unpaired) electrons. The number of carbonyl (C=O) groups excluding carboxylic acids is 1. The molecule has 0 spiro atoms. The Bertz CT molecular complexity index is 960. The van der Waals surface area contributed by atoms with Crippen LogP contribution in [0.4, 0.5) is 16.6 Å². The van der Waals surface area contributed by atoms with Gasteiger partial charge in [0.15, 0.2) is 5.65 Å². The van der Waals surface area contributed by atoms with E-state index in [1.165, 1.54) is 0 Å². The summed E-state index contributed by atoms with van der Waals surface area (Å²) in [7, 11) is 0. The zero-order valence-electron chi connectivity index (χ0n) is 15.3. The fraction of sp³-hybridized carbons (Fsp3) is 0.263. The first kappa shape index (κ1) is 17.6. The van der Waals surface area contributed by atoms with Gasteiger partial charge in [-0.1, -0.05) is 29.8 Å². The standard InChI is InChI=1S/C19H22N6O/c1-11-5-7-12(8-6-11)14-9-13-10-21-17(20)23-15(13)22-16(14)24-18(26)25-19(2,3)4/h5-10H,1-4H3,(H4,20,21,22,23,24,25,26). The molecule has 134 valence electrons. The van der Waals surface area contributed by atoms with Crippen molar-refractivity contribution in [1.82, 2.24) is 20.3 Å². The van der Waals surface area contributed by atoms with E-state index in [0.29, 0.717) is 11.5 Å². The van der Waals surface area contributed by atoms with E-state index in [-0.39, 0.29) is 17.5 Å². The van der Waals surface area contributed by atoms with Crippen molar-refractivity contribution in [3.63, 3.8) is 0 Å². The van der Waals surface area contributed by atoms with Gasteiger partial charge in [-0.25, -0.2) is 14.8 Å². The third kappa shape index (κ3) is 4.05. The summed E-state index contributed by atoms with van der Waals surface area (Å²) < 4.78 is 0. The molecule has 0 unspecified atom stereocenters. The number of amides is 2. The molecule has 3 aromatic rings. The van der Waals surface area contributed by atoms with Crippen LogP contribution >= 0.6 is 0 Å². The van der Waals surface area contributed by atoms with Crippen LogP contribution < -0.4 is 16.4 Å². The summed E-state index contributed by atoms with van der Waals surface area (Å²) in [6.07, 6.45) is 1.63. The van der Waals surface area contributed by atoms with Crippen LogP contribution in [0.25, 0.3) is 22.2 Å². The Morgan fingerprint density at radius 1 is 1.12 bits per heavy atom. The van der Waals surface area contributed by atoms with Gasteiger partial charge in [0.1, 0.15) is 5.82 Å². The highest BCUT2D eigenvalue weighted by Crippen LogP contribution is 2.30. The van der Waals surface area contributed by atoms with E-state index >= 15 is 0 Å². The molecule has 0 aliphatic heterocycles. The van der Waals surface area contributed by atoms with Gasteiger partial charge in [0.05, 0.1) is 0 Å². The van der Waals surface area contributed by atoms with Gasteiger partial charge < -0.3 is 11.1 Å². The van der Waals surface area contributed by atoms with Gasteiger partial charge in [0, 0.05) is 22.7 Å². The Balaban J connectivity index is 2.09. The Hall–Kier alpha value is -3.22. The average Bonchev–Trinajstić information content (AvgIpc) is 2.53. The first-order valence-electron chi connectivity index (χ1n) is 8.31. The number of nitrogen functional groups attached to an aromatic ring is 1. The summed E-state index contributed by atoms with van der Waals surface area (Å²) >= 11 is 0. The lowest BCUT2D eigenvalue weighted by molar-refractivity contribution is 0.243. The van der Waals surface area contributed by atoms with Gasteiger partial charge >= 0.3 is 6.03 Å². The molecule has 26 heavy (non-hydrogen) atoms. The number of nitrogens with two attached hydrogens (primary N) is 1. The number of nitrogens with zero attached hydrogens (tertiary/aromatic N) is 3. The average molecular weight is 350 g/mol. The number of benzene rings is 1. The molecule has 0 fully saturated rings. The zero-order chi connectivity index (χ0) is 18.9. The molecular formula is C19H22N6O. The second-order valence-corrected chi connectivity index (χ2v) is 7.22. The minimum atomic E-state index is -0.364. The second kappa shape index (κ2) is 6.59. The maximum atomic E-state index is 12.3. The summed E-state index contributed by atoms with van der Waals surface area (Å²) in [6, 6.07) is 9.57.